The summed E-state index contributed by atoms with van der Waals surface area (Å²) in [6.45, 7) is 2.06. The molecule has 5 heteroatoms. The molecule has 0 aromatic carbocycles. The largest absolute Gasteiger partial charge is 0.315 e. The number of rotatable bonds is 1. The lowest BCUT2D eigenvalue weighted by Crippen LogP contribution is -1.73. The van der Waals surface area contributed by atoms with Crippen molar-refractivity contribution in [1.82, 2.24) is 15.2 Å². The molecule has 62 valence electrons. The van der Waals surface area contributed by atoms with Crippen LogP contribution in [-0.4, -0.2) is 15.2 Å². The molecule has 0 amide bonds. The molecule has 12 heavy (non-hydrogen) atoms. The van der Waals surface area contributed by atoms with E-state index < -0.39 is 0 Å². The summed E-state index contributed by atoms with van der Waals surface area (Å²) >= 11 is 5.72. The van der Waals surface area contributed by atoms with Crippen LogP contribution in [0.3, 0.4) is 0 Å². The van der Waals surface area contributed by atoms with Crippen LogP contribution in [0.25, 0.3) is 10.7 Å². The summed E-state index contributed by atoms with van der Waals surface area (Å²) in [7, 11) is 0. The summed E-state index contributed by atoms with van der Waals surface area (Å²) < 4.78 is 0. The molecular formula is C7H7N3S2. The summed E-state index contributed by atoms with van der Waals surface area (Å²) in [5, 5.41) is 8.25. The van der Waals surface area contributed by atoms with E-state index >= 15 is 0 Å². The Bertz CT molecular complexity index is 353. The number of thiophene rings is 1. The molecule has 0 saturated carbocycles. The zero-order valence-corrected chi connectivity index (χ0v) is 8.12. The van der Waals surface area contributed by atoms with Crippen LogP contribution in [0.2, 0.25) is 0 Å². The van der Waals surface area contributed by atoms with Gasteiger partial charge in [-0.1, -0.05) is 0 Å². The molecule has 2 rings (SSSR count). The van der Waals surface area contributed by atoms with Crippen molar-refractivity contribution >= 4 is 24.0 Å². The third kappa shape index (κ3) is 1.37. The van der Waals surface area contributed by atoms with Gasteiger partial charge in [-0.2, -0.15) is 0 Å². The minimum absolute atomic E-state index is 0.552. The van der Waals surface area contributed by atoms with E-state index in [-0.39, 0.29) is 0 Å². The SMILES string of the molecule is Cc1ccc(-c2nnc(S)[nH]2)s1. The molecule has 1 N–H and O–H groups in total. The summed E-state index contributed by atoms with van der Waals surface area (Å²) in [5.74, 6) is 0.790. The number of aromatic amines is 1. The number of H-pyrrole nitrogens is 1. The van der Waals surface area contributed by atoms with Gasteiger partial charge in [0, 0.05) is 4.88 Å². The highest BCUT2D eigenvalue weighted by Gasteiger charge is 2.04. The van der Waals surface area contributed by atoms with E-state index in [4.69, 9.17) is 0 Å². The lowest BCUT2D eigenvalue weighted by molar-refractivity contribution is 0.980. The maximum absolute atomic E-state index is 4.04. The van der Waals surface area contributed by atoms with Crippen LogP contribution in [0, 0.1) is 6.92 Å². The second-order valence-corrected chi connectivity index (χ2v) is 4.12. The highest BCUT2D eigenvalue weighted by atomic mass is 32.1. The van der Waals surface area contributed by atoms with Gasteiger partial charge in [0.05, 0.1) is 4.88 Å². The predicted molar refractivity (Wildman–Crippen MR) is 51.7 cm³/mol. The standard InChI is InChI=1S/C7H7N3S2/c1-4-2-3-5(12-4)6-8-7(11)10-9-6/h2-3H,1H3,(H2,8,9,10,11). The molecule has 0 aliphatic heterocycles. The minimum atomic E-state index is 0.552. The van der Waals surface area contributed by atoms with Gasteiger partial charge in [-0.25, -0.2) is 0 Å². The van der Waals surface area contributed by atoms with Crippen LogP contribution in [0.4, 0.5) is 0 Å². The number of aryl methyl sites for hydroxylation is 1. The summed E-state index contributed by atoms with van der Waals surface area (Å²) in [4.78, 5) is 5.32. The monoisotopic (exact) mass is 197 g/mol. The van der Waals surface area contributed by atoms with Crippen molar-refractivity contribution in [1.29, 1.82) is 0 Å². The normalized spacial score (nSPS) is 10.5. The molecule has 0 bridgehead atoms. The van der Waals surface area contributed by atoms with Crippen LogP contribution >= 0.6 is 24.0 Å². The third-order valence-electron chi connectivity index (χ3n) is 1.45. The van der Waals surface area contributed by atoms with E-state index in [1.165, 1.54) is 4.88 Å². The van der Waals surface area contributed by atoms with E-state index in [2.05, 4.69) is 40.8 Å². The maximum Gasteiger partial charge on any atom is 0.185 e. The Hall–Kier alpha value is -0.810. The maximum atomic E-state index is 4.04. The fraction of sp³-hybridized carbons (Fsp3) is 0.143. The predicted octanol–water partition coefficient (Wildman–Crippen LogP) is 2.13. The van der Waals surface area contributed by atoms with Crippen molar-refractivity contribution in [3.8, 4) is 10.7 Å². The summed E-state index contributed by atoms with van der Waals surface area (Å²) in [6, 6.07) is 4.08. The number of hydrogen-bond donors (Lipinski definition) is 2. The van der Waals surface area contributed by atoms with Gasteiger partial charge in [0.2, 0.25) is 0 Å². The number of hydrogen-bond acceptors (Lipinski definition) is 4. The van der Waals surface area contributed by atoms with Gasteiger partial charge < -0.3 is 4.98 Å². The molecule has 0 radical (unpaired) electrons. The average molecular weight is 197 g/mol. The molecule has 0 fully saturated rings. The van der Waals surface area contributed by atoms with Crippen LogP contribution in [0.15, 0.2) is 17.3 Å². The molecule has 0 unspecified atom stereocenters. The quantitative estimate of drug-likeness (QED) is 0.688. The second-order valence-electron chi connectivity index (χ2n) is 2.41. The summed E-state index contributed by atoms with van der Waals surface area (Å²) in [6.07, 6.45) is 0. The minimum Gasteiger partial charge on any atom is -0.315 e. The number of aromatic nitrogens is 3. The molecule has 2 aromatic heterocycles. The Balaban J connectivity index is 2.43. The van der Waals surface area contributed by atoms with Gasteiger partial charge in [0.1, 0.15) is 0 Å². The van der Waals surface area contributed by atoms with Gasteiger partial charge >= 0.3 is 0 Å². The highest BCUT2D eigenvalue weighted by molar-refractivity contribution is 7.80. The van der Waals surface area contributed by atoms with E-state index in [1.54, 1.807) is 11.3 Å². The van der Waals surface area contributed by atoms with Crippen molar-refractivity contribution < 1.29 is 0 Å². The van der Waals surface area contributed by atoms with Crippen LogP contribution in [0.5, 0.6) is 0 Å². The first-order valence-corrected chi connectivity index (χ1v) is 4.70. The molecule has 3 nitrogen and oxygen atoms in total. The van der Waals surface area contributed by atoms with Crippen molar-refractivity contribution in [3.63, 3.8) is 0 Å². The summed E-state index contributed by atoms with van der Waals surface area (Å²) in [5.41, 5.74) is 0. The smallest absolute Gasteiger partial charge is 0.185 e. The van der Waals surface area contributed by atoms with Gasteiger partial charge in [-0.3, -0.25) is 0 Å². The molecule has 0 aliphatic rings. The Morgan fingerprint density at radius 1 is 1.42 bits per heavy atom. The van der Waals surface area contributed by atoms with Gasteiger partial charge in [0.15, 0.2) is 11.0 Å². The van der Waals surface area contributed by atoms with E-state index in [0.717, 1.165) is 10.7 Å². The van der Waals surface area contributed by atoms with E-state index in [9.17, 15) is 0 Å². The van der Waals surface area contributed by atoms with Crippen LogP contribution in [0.1, 0.15) is 4.88 Å². The molecule has 0 atom stereocenters. The molecule has 2 heterocycles. The average Bonchev–Trinajstić information content (AvgIpc) is 2.58. The van der Waals surface area contributed by atoms with Crippen molar-refractivity contribution in [3.05, 3.63) is 17.0 Å². The highest BCUT2D eigenvalue weighted by Crippen LogP contribution is 2.24. The fourth-order valence-corrected chi connectivity index (χ4v) is 1.88. The van der Waals surface area contributed by atoms with Crippen LogP contribution in [-0.2, 0) is 0 Å². The third-order valence-corrected chi connectivity index (χ3v) is 2.66. The number of thiol groups is 1. The molecule has 0 spiro atoms. The Kier molecular flexibility index (Phi) is 1.90. The molecular weight excluding hydrogens is 190 g/mol. The van der Waals surface area contributed by atoms with Gasteiger partial charge in [-0.05, 0) is 19.1 Å². The fourth-order valence-electron chi connectivity index (χ4n) is 0.926. The molecule has 0 saturated heterocycles. The first kappa shape index (κ1) is 7.82. The zero-order chi connectivity index (χ0) is 8.55. The number of nitrogens with one attached hydrogen (secondary N) is 1. The lowest BCUT2D eigenvalue weighted by atomic mass is 10.4. The van der Waals surface area contributed by atoms with Crippen LogP contribution < -0.4 is 0 Å². The first-order chi connectivity index (χ1) is 5.75. The Morgan fingerprint density at radius 2 is 2.25 bits per heavy atom. The van der Waals surface area contributed by atoms with E-state index in [1.807, 2.05) is 6.07 Å². The van der Waals surface area contributed by atoms with Crippen molar-refractivity contribution in [2.75, 3.05) is 0 Å². The zero-order valence-electron chi connectivity index (χ0n) is 6.40. The van der Waals surface area contributed by atoms with Crippen molar-refractivity contribution in [2.24, 2.45) is 0 Å². The number of nitrogens with zero attached hydrogens (tertiary/aromatic N) is 2. The molecule has 2 aromatic rings. The van der Waals surface area contributed by atoms with Gasteiger partial charge in [-0.15, -0.1) is 34.2 Å². The lowest BCUT2D eigenvalue weighted by Gasteiger charge is -1.85. The molecule has 0 aliphatic carbocycles. The van der Waals surface area contributed by atoms with E-state index in [0.29, 0.717) is 5.16 Å². The Labute approximate surface area is 79.3 Å². The Morgan fingerprint density at radius 3 is 2.75 bits per heavy atom. The topological polar surface area (TPSA) is 41.6 Å². The first-order valence-electron chi connectivity index (χ1n) is 3.44. The second kappa shape index (κ2) is 2.91. The van der Waals surface area contributed by atoms with Gasteiger partial charge in [0.25, 0.3) is 0 Å². The van der Waals surface area contributed by atoms with Crippen molar-refractivity contribution in [2.45, 2.75) is 12.1 Å².